The maximum absolute atomic E-state index is 11.7. The van der Waals surface area contributed by atoms with Crippen LogP contribution >= 0.6 is 0 Å². The highest BCUT2D eigenvalue weighted by Gasteiger charge is 2.33. The minimum absolute atomic E-state index is 0.0931. The number of nitrogens with two attached hydrogens (primary N) is 1. The van der Waals surface area contributed by atoms with Crippen LogP contribution in [0.3, 0.4) is 0 Å². The summed E-state index contributed by atoms with van der Waals surface area (Å²) in [5.41, 5.74) is 6.92. The van der Waals surface area contributed by atoms with E-state index < -0.39 is 12.0 Å². The number of carboxylic acid groups (broad SMARTS) is 1. The van der Waals surface area contributed by atoms with E-state index in [0.717, 1.165) is 18.7 Å². The number of imidazole rings is 1. The third kappa shape index (κ3) is 3.58. The SMILES string of the molecule is CC1(n2cnc(CC(C(=O)O)N3CC[C@H](N)C3)c2)CCCCC1. The van der Waals surface area contributed by atoms with Gasteiger partial charge in [-0.1, -0.05) is 19.3 Å². The van der Waals surface area contributed by atoms with Crippen LogP contribution in [0, 0.1) is 0 Å². The lowest BCUT2D eigenvalue weighted by molar-refractivity contribution is -0.142. The molecule has 6 heteroatoms. The van der Waals surface area contributed by atoms with Gasteiger partial charge >= 0.3 is 5.97 Å². The van der Waals surface area contributed by atoms with Crippen molar-refractivity contribution in [2.75, 3.05) is 13.1 Å². The van der Waals surface area contributed by atoms with E-state index in [-0.39, 0.29) is 11.6 Å². The Kier molecular flexibility index (Phi) is 4.73. The van der Waals surface area contributed by atoms with Gasteiger partial charge in [-0.25, -0.2) is 4.98 Å². The molecule has 2 atom stereocenters. The van der Waals surface area contributed by atoms with E-state index in [1.807, 2.05) is 11.2 Å². The average Bonchev–Trinajstić information content (AvgIpc) is 3.14. The van der Waals surface area contributed by atoms with Crippen LogP contribution in [0.1, 0.15) is 51.1 Å². The van der Waals surface area contributed by atoms with Crippen molar-refractivity contribution in [1.29, 1.82) is 0 Å². The molecule has 3 rings (SSSR count). The first-order valence-corrected chi connectivity index (χ1v) is 8.74. The molecule has 0 spiro atoms. The highest BCUT2D eigenvalue weighted by molar-refractivity contribution is 5.73. The minimum atomic E-state index is -0.780. The Morgan fingerprint density at radius 1 is 1.48 bits per heavy atom. The van der Waals surface area contributed by atoms with Crippen molar-refractivity contribution in [1.82, 2.24) is 14.5 Å². The van der Waals surface area contributed by atoms with Gasteiger partial charge in [0.25, 0.3) is 0 Å². The molecule has 128 valence electrons. The van der Waals surface area contributed by atoms with Crippen LogP contribution < -0.4 is 5.73 Å². The van der Waals surface area contributed by atoms with Gasteiger partial charge in [-0.2, -0.15) is 0 Å². The van der Waals surface area contributed by atoms with Gasteiger partial charge in [0.1, 0.15) is 6.04 Å². The van der Waals surface area contributed by atoms with Crippen molar-refractivity contribution in [3.63, 3.8) is 0 Å². The number of aliphatic carboxylic acids is 1. The predicted octanol–water partition coefficient (Wildman–Crippen LogP) is 1.59. The molecule has 0 aromatic carbocycles. The molecule has 1 unspecified atom stereocenters. The van der Waals surface area contributed by atoms with Crippen LogP contribution in [-0.2, 0) is 16.8 Å². The molecule has 1 aromatic rings. The molecule has 0 amide bonds. The average molecular weight is 320 g/mol. The molecule has 0 radical (unpaired) electrons. The lowest BCUT2D eigenvalue weighted by atomic mass is 9.83. The van der Waals surface area contributed by atoms with E-state index in [1.54, 1.807) is 0 Å². The van der Waals surface area contributed by atoms with Crippen LogP contribution in [0.25, 0.3) is 0 Å². The third-order valence-electron chi connectivity index (χ3n) is 5.57. The van der Waals surface area contributed by atoms with Gasteiger partial charge in [-0.3, -0.25) is 9.69 Å². The summed E-state index contributed by atoms with van der Waals surface area (Å²) < 4.78 is 2.20. The first-order valence-electron chi connectivity index (χ1n) is 8.74. The quantitative estimate of drug-likeness (QED) is 0.860. The summed E-state index contributed by atoms with van der Waals surface area (Å²) in [7, 11) is 0. The Morgan fingerprint density at radius 2 is 2.22 bits per heavy atom. The molecule has 2 aliphatic rings. The number of carboxylic acids is 1. The zero-order valence-electron chi connectivity index (χ0n) is 13.9. The Labute approximate surface area is 137 Å². The van der Waals surface area contributed by atoms with Gasteiger partial charge < -0.3 is 15.4 Å². The molecule has 2 heterocycles. The number of carbonyl (C=O) groups is 1. The molecule has 1 saturated heterocycles. The van der Waals surface area contributed by atoms with Gasteiger partial charge in [0.2, 0.25) is 0 Å². The van der Waals surface area contributed by atoms with Crippen molar-refractivity contribution in [2.45, 2.75) is 69.5 Å². The first kappa shape index (κ1) is 16.5. The van der Waals surface area contributed by atoms with Crippen molar-refractivity contribution in [3.05, 3.63) is 18.2 Å². The van der Waals surface area contributed by atoms with Crippen LogP contribution in [0.4, 0.5) is 0 Å². The van der Waals surface area contributed by atoms with Gasteiger partial charge in [-0.15, -0.1) is 0 Å². The fraction of sp³-hybridized carbons (Fsp3) is 0.765. The van der Waals surface area contributed by atoms with Crippen LogP contribution in [0.2, 0.25) is 0 Å². The Morgan fingerprint density at radius 3 is 2.83 bits per heavy atom. The standard InChI is InChI=1S/C17H28N4O2/c1-17(6-3-2-4-7-17)21-11-14(19-12-21)9-15(16(22)23)20-8-5-13(18)10-20/h11-13,15H,2-10,18H2,1H3,(H,22,23)/t13-,15?/m0/s1. The van der Waals surface area contributed by atoms with Gasteiger partial charge in [0, 0.05) is 37.3 Å². The summed E-state index contributed by atoms with van der Waals surface area (Å²) >= 11 is 0. The number of nitrogens with zero attached hydrogens (tertiary/aromatic N) is 3. The molecular weight excluding hydrogens is 292 g/mol. The number of rotatable bonds is 5. The smallest absolute Gasteiger partial charge is 0.321 e. The summed E-state index contributed by atoms with van der Waals surface area (Å²) in [6.07, 6.45) is 11.4. The van der Waals surface area contributed by atoms with E-state index >= 15 is 0 Å². The minimum Gasteiger partial charge on any atom is -0.480 e. The molecule has 1 saturated carbocycles. The molecule has 23 heavy (non-hydrogen) atoms. The van der Waals surface area contributed by atoms with E-state index in [0.29, 0.717) is 13.0 Å². The van der Waals surface area contributed by atoms with Crippen molar-refractivity contribution in [2.24, 2.45) is 5.73 Å². The van der Waals surface area contributed by atoms with Crippen molar-refractivity contribution < 1.29 is 9.90 Å². The number of hydrogen-bond donors (Lipinski definition) is 2. The van der Waals surface area contributed by atoms with Crippen LogP contribution in [-0.4, -0.2) is 50.7 Å². The molecule has 0 bridgehead atoms. The fourth-order valence-electron chi connectivity index (χ4n) is 4.01. The molecule has 6 nitrogen and oxygen atoms in total. The number of aromatic nitrogens is 2. The Balaban J connectivity index is 1.70. The second-order valence-electron chi connectivity index (χ2n) is 7.43. The maximum Gasteiger partial charge on any atom is 0.321 e. The number of hydrogen-bond acceptors (Lipinski definition) is 4. The summed E-state index contributed by atoms with van der Waals surface area (Å²) in [5.74, 6) is -0.780. The van der Waals surface area contributed by atoms with E-state index in [4.69, 9.17) is 5.73 Å². The lowest BCUT2D eigenvalue weighted by Gasteiger charge is -2.35. The molecule has 1 aliphatic heterocycles. The zero-order valence-corrected chi connectivity index (χ0v) is 13.9. The van der Waals surface area contributed by atoms with E-state index in [9.17, 15) is 9.90 Å². The highest BCUT2D eigenvalue weighted by atomic mass is 16.4. The lowest BCUT2D eigenvalue weighted by Crippen LogP contribution is -2.42. The summed E-state index contributed by atoms with van der Waals surface area (Å²) in [5, 5.41) is 9.57. The second kappa shape index (κ2) is 6.61. The molecule has 3 N–H and O–H groups in total. The molecular formula is C17H28N4O2. The van der Waals surface area contributed by atoms with Crippen molar-refractivity contribution >= 4 is 5.97 Å². The summed E-state index contributed by atoms with van der Waals surface area (Å²) in [4.78, 5) is 18.1. The van der Waals surface area contributed by atoms with Gasteiger partial charge in [-0.05, 0) is 26.2 Å². The molecule has 1 aromatic heterocycles. The fourth-order valence-corrected chi connectivity index (χ4v) is 4.01. The Hall–Kier alpha value is -1.40. The Bertz CT molecular complexity index is 551. The predicted molar refractivity (Wildman–Crippen MR) is 88.3 cm³/mol. The van der Waals surface area contributed by atoms with Crippen LogP contribution in [0.5, 0.6) is 0 Å². The molecule has 2 fully saturated rings. The summed E-state index contributed by atoms with van der Waals surface area (Å²) in [6, 6.07) is -0.429. The third-order valence-corrected chi connectivity index (χ3v) is 5.57. The van der Waals surface area contributed by atoms with Crippen LogP contribution in [0.15, 0.2) is 12.5 Å². The topological polar surface area (TPSA) is 84.4 Å². The maximum atomic E-state index is 11.7. The highest BCUT2D eigenvalue weighted by Crippen LogP contribution is 2.34. The monoisotopic (exact) mass is 320 g/mol. The van der Waals surface area contributed by atoms with E-state index in [2.05, 4.69) is 22.7 Å². The first-order chi connectivity index (χ1) is 11.0. The number of likely N-dealkylation sites (tertiary alicyclic amines) is 1. The zero-order chi connectivity index (χ0) is 16.4. The molecule has 1 aliphatic carbocycles. The van der Waals surface area contributed by atoms with E-state index in [1.165, 1.54) is 32.1 Å². The summed E-state index contributed by atoms with van der Waals surface area (Å²) in [6.45, 7) is 3.71. The van der Waals surface area contributed by atoms with Crippen molar-refractivity contribution in [3.8, 4) is 0 Å². The normalized spacial score (nSPS) is 26.3. The van der Waals surface area contributed by atoms with Gasteiger partial charge in [0.05, 0.1) is 12.0 Å². The van der Waals surface area contributed by atoms with Gasteiger partial charge in [0.15, 0.2) is 0 Å². The second-order valence-corrected chi connectivity index (χ2v) is 7.43. The largest absolute Gasteiger partial charge is 0.480 e.